The van der Waals surface area contributed by atoms with Crippen molar-refractivity contribution < 1.29 is 33.7 Å². The molecule has 1 heterocycles. The summed E-state index contributed by atoms with van der Waals surface area (Å²) in [6, 6.07) is 7.90. The van der Waals surface area contributed by atoms with Gasteiger partial charge in [0.2, 0.25) is 0 Å². The Kier molecular flexibility index (Phi) is 14.4. The van der Waals surface area contributed by atoms with Crippen LogP contribution < -0.4 is 9.47 Å². The van der Waals surface area contributed by atoms with Gasteiger partial charge in [0.05, 0.1) is 78.2 Å². The molecular weight excluding hydrogens is 448 g/mol. The van der Waals surface area contributed by atoms with E-state index in [4.69, 9.17) is 29.2 Å². The van der Waals surface area contributed by atoms with Gasteiger partial charge in [-0.25, -0.2) is 4.57 Å². The molecule has 2 rings (SSSR count). The Labute approximate surface area is 199 Å². The monoisotopic (exact) mass is 483 g/mol. The van der Waals surface area contributed by atoms with Crippen molar-refractivity contribution in [2.45, 2.75) is 0 Å². The molecule has 0 aliphatic carbocycles. The minimum Gasteiger partial charge on any atom is -0.394 e. The van der Waals surface area contributed by atoms with E-state index in [2.05, 4.69) is 15.1 Å². The van der Waals surface area contributed by atoms with Crippen LogP contribution in [0.25, 0.3) is 0 Å². The minimum atomic E-state index is 0.0140. The van der Waals surface area contributed by atoms with E-state index < -0.39 is 0 Å². The van der Waals surface area contributed by atoms with Crippen molar-refractivity contribution in [1.29, 1.82) is 0 Å². The van der Waals surface area contributed by atoms with Crippen molar-refractivity contribution in [3.8, 4) is 0 Å². The maximum Gasteiger partial charge on any atom is 0.408 e. The van der Waals surface area contributed by atoms with Crippen LogP contribution in [-0.2, 0) is 26.0 Å². The normalized spacial score (nSPS) is 11.5. The Morgan fingerprint density at radius 2 is 1.33 bits per heavy atom. The van der Waals surface area contributed by atoms with E-state index in [0.717, 1.165) is 16.5 Å². The van der Waals surface area contributed by atoms with E-state index in [1.54, 1.807) is 0 Å². The lowest BCUT2D eigenvalue weighted by molar-refractivity contribution is -0.654. The van der Waals surface area contributed by atoms with Gasteiger partial charge in [-0.15, -0.1) is 0 Å². The first-order valence-corrected chi connectivity index (χ1v) is 11.8. The number of hydrogen-bond acceptors (Lipinski definition) is 10. The SMILES string of the molecule is C[n+]1ccsc1N=Nc1ccc(N(CCOCCOCCO)CCOCCOCCO)cc1. The summed E-state index contributed by atoms with van der Waals surface area (Å²) in [6.45, 7) is 5.01. The fourth-order valence-electron chi connectivity index (χ4n) is 2.75. The Hall–Kier alpha value is -1.99. The number of anilines is 1. The smallest absolute Gasteiger partial charge is 0.394 e. The second kappa shape index (κ2) is 17.5. The summed E-state index contributed by atoms with van der Waals surface area (Å²) in [5.41, 5.74) is 1.82. The summed E-state index contributed by atoms with van der Waals surface area (Å²) in [5.74, 6) is 0. The van der Waals surface area contributed by atoms with Gasteiger partial charge in [0.1, 0.15) is 11.9 Å². The van der Waals surface area contributed by atoms with Crippen LogP contribution in [-0.4, -0.2) is 89.4 Å². The number of benzene rings is 1. The number of aliphatic hydroxyl groups excluding tert-OH is 2. The molecule has 0 fully saturated rings. The molecule has 0 saturated carbocycles. The maximum atomic E-state index is 8.73. The van der Waals surface area contributed by atoms with Crippen LogP contribution in [0.5, 0.6) is 0 Å². The third-order valence-corrected chi connectivity index (χ3v) is 5.29. The zero-order valence-corrected chi connectivity index (χ0v) is 20.0. The van der Waals surface area contributed by atoms with E-state index >= 15 is 0 Å². The molecule has 0 aliphatic rings. The predicted molar refractivity (Wildman–Crippen MR) is 126 cm³/mol. The van der Waals surface area contributed by atoms with E-state index in [9.17, 15) is 0 Å². The third kappa shape index (κ3) is 11.6. The highest BCUT2D eigenvalue weighted by Crippen LogP contribution is 2.22. The molecule has 0 atom stereocenters. The van der Waals surface area contributed by atoms with Gasteiger partial charge in [0, 0.05) is 24.2 Å². The standard InChI is InChI=1S/C22H35N4O6S/c1-25-8-19-33-22(25)24-23-20-2-4-21(5-3-20)26(6-11-29-15-17-31-13-9-27)7-12-30-16-18-32-14-10-28/h2-5,8,19,27-28H,6-7,9-18H2,1H3/q+1. The van der Waals surface area contributed by atoms with Gasteiger partial charge in [-0.2, -0.15) is 0 Å². The lowest BCUT2D eigenvalue weighted by Crippen LogP contribution is -2.31. The summed E-state index contributed by atoms with van der Waals surface area (Å²) in [4.78, 5) is 2.18. The fourth-order valence-corrected chi connectivity index (χ4v) is 3.43. The summed E-state index contributed by atoms with van der Waals surface area (Å²) in [5, 5.41) is 28.9. The Bertz CT molecular complexity index is 757. The van der Waals surface area contributed by atoms with Gasteiger partial charge in [-0.05, 0) is 40.7 Å². The van der Waals surface area contributed by atoms with Crippen LogP contribution >= 0.6 is 11.3 Å². The van der Waals surface area contributed by atoms with E-state index in [1.807, 2.05) is 47.5 Å². The third-order valence-electron chi connectivity index (χ3n) is 4.45. The quantitative estimate of drug-likeness (QED) is 0.178. The molecule has 0 radical (unpaired) electrons. The number of azo groups is 1. The topological polar surface area (TPSA) is 109 Å². The summed E-state index contributed by atoms with van der Waals surface area (Å²) < 4.78 is 23.6. The van der Waals surface area contributed by atoms with E-state index in [-0.39, 0.29) is 13.2 Å². The number of ether oxygens (including phenoxy) is 4. The number of rotatable bonds is 19. The Morgan fingerprint density at radius 3 is 1.82 bits per heavy atom. The molecule has 0 saturated heterocycles. The molecule has 10 nitrogen and oxygen atoms in total. The van der Waals surface area contributed by atoms with Crippen LogP contribution in [0.2, 0.25) is 0 Å². The first-order valence-electron chi connectivity index (χ1n) is 11.0. The Balaban J connectivity index is 1.84. The summed E-state index contributed by atoms with van der Waals surface area (Å²) in [7, 11) is 1.94. The molecule has 2 N–H and O–H groups in total. The maximum absolute atomic E-state index is 8.73. The first kappa shape index (κ1) is 27.3. The molecule has 184 valence electrons. The average molecular weight is 484 g/mol. The van der Waals surface area contributed by atoms with Gasteiger partial charge in [0.15, 0.2) is 0 Å². The highest BCUT2D eigenvalue weighted by Gasteiger charge is 2.09. The lowest BCUT2D eigenvalue weighted by atomic mass is 10.2. The number of aliphatic hydroxyl groups is 2. The number of aryl methyl sites for hydroxylation is 1. The van der Waals surface area contributed by atoms with E-state index in [1.165, 1.54) is 11.3 Å². The zero-order valence-electron chi connectivity index (χ0n) is 19.2. The molecular formula is C22H35N4O6S+. The molecule has 33 heavy (non-hydrogen) atoms. The summed E-state index contributed by atoms with van der Waals surface area (Å²) >= 11 is 1.54. The highest BCUT2D eigenvalue weighted by molar-refractivity contribution is 7.12. The van der Waals surface area contributed by atoms with E-state index in [0.29, 0.717) is 65.9 Å². The van der Waals surface area contributed by atoms with Crippen LogP contribution in [0.3, 0.4) is 0 Å². The fraction of sp³-hybridized carbons (Fsp3) is 0.591. The molecule has 0 bridgehead atoms. The zero-order chi connectivity index (χ0) is 23.6. The molecule has 1 aromatic heterocycles. The molecule has 0 amide bonds. The number of nitrogens with zero attached hydrogens (tertiary/aromatic N) is 4. The van der Waals surface area contributed by atoms with Crippen molar-refractivity contribution in [3.63, 3.8) is 0 Å². The lowest BCUT2D eigenvalue weighted by Gasteiger charge is -2.25. The predicted octanol–water partition coefficient (Wildman–Crippen LogP) is 1.85. The first-order chi connectivity index (χ1) is 16.2. The molecule has 11 heteroatoms. The number of thiazole rings is 1. The van der Waals surface area contributed by atoms with Gasteiger partial charge in [-0.1, -0.05) is 0 Å². The second-order valence-corrected chi connectivity index (χ2v) is 7.77. The molecule has 0 aliphatic heterocycles. The van der Waals surface area contributed by atoms with Crippen molar-refractivity contribution in [3.05, 3.63) is 35.8 Å². The van der Waals surface area contributed by atoms with Crippen LogP contribution in [0.4, 0.5) is 16.5 Å². The van der Waals surface area contributed by atoms with Crippen molar-refractivity contribution in [1.82, 2.24) is 0 Å². The molecule has 2 aromatic rings. The number of aromatic nitrogens is 1. The minimum absolute atomic E-state index is 0.0140. The average Bonchev–Trinajstić information content (AvgIpc) is 3.25. The van der Waals surface area contributed by atoms with Crippen LogP contribution in [0, 0.1) is 0 Å². The Morgan fingerprint density at radius 1 is 0.788 bits per heavy atom. The van der Waals surface area contributed by atoms with Crippen molar-refractivity contribution in [2.24, 2.45) is 17.3 Å². The van der Waals surface area contributed by atoms with Crippen molar-refractivity contribution in [2.75, 3.05) is 84.1 Å². The highest BCUT2D eigenvalue weighted by atomic mass is 32.1. The number of hydrogen-bond donors (Lipinski definition) is 2. The van der Waals surface area contributed by atoms with Gasteiger partial charge < -0.3 is 34.1 Å². The van der Waals surface area contributed by atoms with Gasteiger partial charge in [0.25, 0.3) is 0 Å². The second-order valence-electron chi connectivity index (χ2n) is 6.90. The van der Waals surface area contributed by atoms with Crippen LogP contribution in [0.1, 0.15) is 0 Å². The molecule has 1 aromatic carbocycles. The molecule has 0 unspecified atom stereocenters. The van der Waals surface area contributed by atoms with Crippen molar-refractivity contribution >= 4 is 27.8 Å². The summed E-state index contributed by atoms with van der Waals surface area (Å²) in [6.07, 6.45) is 1.95. The van der Waals surface area contributed by atoms with Gasteiger partial charge >= 0.3 is 5.13 Å². The molecule has 0 spiro atoms. The van der Waals surface area contributed by atoms with Gasteiger partial charge in [-0.3, -0.25) is 0 Å². The largest absolute Gasteiger partial charge is 0.408 e. The van der Waals surface area contributed by atoms with Crippen LogP contribution in [0.15, 0.2) is 46.1 Å².